The number of carbonyl (C=O) groups excluding carboxylic acids is 2. The van der Waals surface area contributed by atoms with Crippen molar-refractivity contribution in [2.24, 2.45) is 0 Å². The number of hydrogen-bond donors (Lipinski definition) is 1. The Morgan fingerprint density at radius 2 is 1.76 bits per heavy atom. The number of hydrogen-bond acceptors (Lipinski definition) is 4. The van der Waals surface area contributed by atoms with Gasteiger partial charge in [-0.2, -0.15) is 0 Å². The zero-order chi connectivity index (χ0) is 25.5. The molecule has 2 atom stereocenters. The molecular formula is C24H31ClFN3O4S. The van der Waals surface area contributed by atoms with Gasteiger partial charge in [0.2, 0.25) is 21.8 Å². The molecule has 10 heteroatoms. The number of sulfonamides is 1. The van der Waals surface area contributed by atoms with Crippen LogP contribution >= 0.6 is 11.6 Å². The number of nitrogens with one attached hydrogen (secondary N) is 1. The van der Waals surface area contributed by atoms with Gasteiger partial charge >= 0.3 is 0 Å². The van der Waals surface area contributed by atoms with Gasteiger partial charge in [-0.1, -0.05) is 49.7 Å². The van der Waals surface area contributed by atoms with Crippen LogP contribution in [0.15, 0.2) is 48.5 Å². The maximum atomic E-state index is 13.8. The second kappa shape index (κ2) is 12.2. The molecule has 0 heterocycles. The summed E-state index contributed by atoms with van der Waals surface area (Å²) in [5.41, 5.74) is 0.634. The van der Waals surface area contributed by atoms with Gasteiger partial charge in [0.05, 0.1) is 11.9 Å². The van der Waals surface area contributed by atoms with E-state index < -0.39 is 34.3 Å². The maximum absolute atomic E-state index is 13.8. The van der Waals surface area contributed by atoms with Crippen LogP contribution in [0.4, 0.5) is 10.1 Å². The van der Waals surface area contributed by atoms with Crippen molar-refractivity contribution in [1.82, 2.24) is 10.2 Å². The predicted octanol–water partition coefficient (Wildman–Crippen LogP) is 3.97. The number of amides is 2. The average molecular weight is 512 g/mol. The van der Waals surface area contributed by atoms with E-state index in [9.17, 15) is 22.4 Å². The average Bonchev–Trinajstić information content (AvgIpc) is 2.77. The van der Waals surface area contributed by atoms with Crippen LogP contribution < -0.4 is 9.62 Å². The highest BCUT2D eigenvalue weighted by atomic mass is 35.5. The molecule has 1 N–H and O–H groups in total. The molecule has 2 amide bonds. The van der Waals surface area contributed by atoms with E-state index in [2.05, 4.69) is 5.32 Å². The number of nitrogens with zero attached hydrogens (tertiary/aromatic N) is 2. The summed E-state index contributed by atoms with van der Waals surface area (Å²) in [6, 6.07) is 11.0. The summed E-state index contributed by atoms with van der Waals surface area (Å²) in [5, 5.41) is 3.31. The summed E-state index contributed by atoms with van der Waals surface area (Å²) in [7, 11) is -3.93. The summed E-state index contributed by atoms with van der Waals surface area (Å²) >= 11 is 6.31. The van der Waals surface area contributed by atoms with Crippen molar-refractivity contribution in [3.05, 3.63) is 64.9 Å². The highest BCUT2D eigenvalue weighted by Gasteiger charge is 2.32. The molecular weight excluding hydrogens is 481 g/mol. The SMILES string of the molecule is CC[C@H](C)NC(=O)[C@H](CC)N(Cc1ccccc1Cl)C(=O)CN(c1cccc(F)c1)S(C)(=O)=O. The minimum Gasteiger partial charge on any atom is -0.352 e. The van der Waals surface area contributed by atoms with E-state index in [1.807, 2.05) is 13.8 Å². The first-order valence-electron chi connectivity index (χ1n) is 11.0. The lowest BCUT2D eigenvalue weighted by atomic mass is 10.1. The van der Waals surface area contributed by atoms with E-state index in [1.165, 1.54) is 23.1 Å². The van der Waals surface area contributed by atoms with E-state index in [0.717, 1.165) is 16.6 Å². The van der Waals surface area contributed by atoms with E-state index in [4.69, 9.17) is 11.6 Å². The summed E-state index contributed by atoms with van der Waals surface area (Å²) in [6.07, 6.45) is 1.95. The molecule has 0 saturated carbocycles. The van der Waals surface area contributed by atoms with Crippen molar-refractivity contribution < 1.29 is 22.4 Å². The quantitative estimate of drug-likeness (QED) is 0.494. The molecule has 0 aliphatic rings. The second-order valence-electron chi connectivity index (χ2n) is 8.10. The predicted molar refractivity (Wildman–Crippen MR) is 133 cm³/mol. The standard InChI is InChI=1S/C24H31ClFN3O4S/c1-5-17(3)27-24(31)22(6-2)28(15-18-10-7-8-13-21(18)25)23(30)16-29(34(4,32)33)20-12-9-11-19(26)14-20/h7-14,17,22H,5-6,15-16H2,1-4H3,(H,27,31)/t17-,22-/m0/s1. The molecule has 0 saturated heterocycles. The molecule has 186 valence electrons. The van der Waals surface area contributed by atoms with Gasteiger partial charge < -0.3 is 10.2 Å². The number of anilines is 1. The third-order valence-electron chi connectivity index (χ3n) is 5.46. The Bertz CT molecular complexity index is 1110. The summed E-state index contributed by atoms with van der Waals surface area (Å²) in [4.78, 5) is 27.9. The molecule has 7 nitrogen and oxygen atoms in total. The Morgan fingerprint density at radius 1 is 1.09 bits per heavy atom. The van der Waals surface area contributed by atoms with Gasteiger partial charge in [0.1, 0.15) is 18.4 Å². The lowest BCUT2D eigenvalue weighted by Gasteiger charge is -2.33. The van der Waals surface area contributed by atoms with Crippen LogP contribution in [-0.2, 0) is 26.2 Å². The zero-order valence-electron chi connectivity index (χ0n) is 19.8. The minimum atomic E-state index is -3.93. The Balaban J connectivity index is 2.45. The number of carbonyl (C=O) groups is 2. The highest BCUT2D eigenvalue weighted by Crippen LogP contribution is 2.22. The molecule has 2 rings (SSSR count). The maximum Gasteiger partial charge on any atom is 0.244 e. The summed E-state index contributed by atoms with van der Waals surface area (Å²) in [5.74, 6) is -1.58. The topological polar surface area (TPSA) is 86.8 Å². The number of rotatable bonds is 11. The molecule has 0 spiro atoms. The lowest BCUT2D eigenvalue weighted by molar-refractivity contribution is -0.140. The van der Waals surface area contributed by atoms with Crippen LogP contribution in [0.3, 0.4) is 0 Å². The first-order chi connectivity index (χ1) is 16.0. The van der Waals surface area contributed by atoms with Crippen molar-refractivity contribution in [2.45, 2.75) is 52.2 Å². The second-order valence-corrected chi connectivity index (χ2v) is 10.4. The first-order valence-corrected chi connectivity index (χ1v) is 13.3. The van der Waals surface area contributed by atoms with Crippen molar-refractivity contribution in [3.63, 3.8) is 0 Å². The van der Waals surface area contributed by atoms with Gasteiger partial charge in [-0.05, 0) is 49.6 Å². The Morgan fingerprint density at radius 3 is 2.32 bits per heavy atom. The highest BCUT2D eigenvalue weighted by molar-refractivity contribution is 7.92. The van der Waals surface area contributed by atoms with Crippen molar-refractivity contribution in [2.75, 3.05) is 17.1 Å². The van der Waals surface area contributed by atoms with Gasteiger partial charge in [-0.25, -0.2) is 12.8 Å². The van der Waals surface area contributed by atoms with Gasteiger partial charge in [0, 0.05) is 17.6 Å². The van der Waals surface area contributed by atoms with Gasteiger partial charge in [0.25, 0.3) is 0 Å². The fourth-order valence-electron chi connectivity index (χ4n) is 3.42. The third kappa shape index (κ3) is 7.43. The molecule has 0 fully saturated rings. The fourth-order valence-corrected chi connectivity index (χ4v) is 4.45. The molecule has 34 heavy (non-hydrogen) atoms. The molecule has 0 radical (unpaired) electrons. The molecule has 0 aliphatic heterocycles. The lowest BCUT2D eigenvalue weighted by Crippen LogP contribution is -2.53. The molecule has 2 aromatic carbocycles. The smallest absolute Gasteiger partial charge is 0.244 e. The van der Waals surface area contributed by atoms with Gasteiger partial charge in [-0.15, -0.1) is 0 Å². The molecule has 0 aliphatic carbocycles. The Hall–Kier alpha value is -2.65. The van der Waals surface area contributed by atoms with E-state index >= 15 is 0 Å². The zero-order valence-corrected chi connectivity index (χ0v) is 21.4. The van der Waals surface area contributed by atoms with Crippen LogP contribution in [-0.4, -0.2) is 50.0 Å². The summed E-state index contributed by atoms with van der Waals surface area (Å²) in [6.45, 7) is 4.97. The Labute approximate surface area is 205 Å². The molecule has 2 aromatic rings. The Kier molecular flexibility index (Phi) is 9.88. The molecule has 0 unspecified atom stereocenters. The monoisotopic (exact) mass is 511 g/mol. The minimum absolute atomic E-state index is 0.00565. The van der Waals surface area contributed by atoms with Crippen LogP contribution in [0, 0.1) is 5.82 Å². The van der Waals surface area contributed by atoms with Crippen molar-refractivity contribution >= 4 is 39.1 Å². The van der Waals surface area contributed by atoms with Crippen molar-refractivity contribution in [1.29, 1.82) is 0 Å². The van der Waals surface area contributed by atoms with Crippen molar-refractivity contribution in [3.8, 4) is 0 Å². The summed E-state index contributed by atoms with van der Waals surface area (Å²) < 4.78 is 39.6. The first kappa shape index (κ1) is 27.6. The van der Waals surface area contributed by atoms with Crippen LogP contribution in [0.2, 0.25) is 5.02 Å². The van der Waals surface area contributed by atoms with Gasteiger partial charge in [0.15, 0.2) is 0 Å². The number of benzene rings is 2. The normalized spacial score (nSPS) is 13.1. The molecule has 0 aromatic heterocycles. The third-order valence-corrected chi connectivity index (χ3v) is 6.97. The van der Waals surface area contributed by atoms with Crippen LogP contribution in [0.1, 0.15) is 39.2 Å². The fraction of sp³-hybridized carbons (Fsp3) is 0.417. The van der Waals surface area contributed by atoms with E-state index in [-0.39, 0.29) is 24.2 Å². The van der Waals surface area contributed by atoms with Gasteiger partial charge in [-0.3, -0.25) is 13.9 Å². The van der Waals surface area contributed by atoms with Crippen LogP contribution in [0.5, 0.6) is 0 Å². The van der Waals surface area contributed by atoms with E-state index in [0.29, 0.717) is 23.4 Å². The van der Waals surface area contributed by atoms with Crippen LogP contribution in [0.25, 0.3) is 0 Å². The van der Waals surface area contributed by atoms with E-state index in [1.54, 1.807) is 31.2 Å². The number of halogens is 2. The molecule has 0 bridgehead atoms. The largest absolute Gasteiger partial charge is 0.352 e.